The van der Waals surface area contributed by atoms with Crippen LogP contribution in [-0.4, -0.2) is 13.1 Å². The van der Waals surface area contributed by atoms with Crippen molar-refractivity contribution in [1.29, 1.82) is 0 Å². The van der Waals surface area contributed by atoms with Gasteiger partial charge < -0.3 is 5.32 Å². The van der Waals surface area contributed by atoms with Crippen LogP contribution in [0, 0.1) is 6.92 Å². The van der Waals surface area contributed by atoms with Crippen LogP contribution in [-0.2, 0) is 6.42 Å². The lowest BCUT2D eigenvalue weighted by Gasteiger charge is -2.12. The number of hydrogen-bond donors (Lipinski definition) is 1. The summed E-state index contributed by atoms with van der Waals surface area (Å²) >= 11 is 0. The second kappa shape index (κ2) is 4.14. The Hall–Kier alpha value is -0.820. The molecular weight excluding hydrogens is 170 g/mol. The SMILES string of the molecule is CCNCC1CCc2ccc(C)cc21. The van der Waals surface area contributed by atoms with Crippen LogP contribution in [0.1, 0.15) is 36.0 Å². The van der Waals surface area contributed by atoms with E-state index in [-0.39, 0.29) is 0 Å². The van der Waals surface area contributed by atoms with Crippen LogP contribution >= 0.6 is 0 Å². The summed E-state index contributed by atoms with van der Waals surface area (Å²) < 4.78 is 0. The normalized spacial score (nSPS) is 19.7. The fraction of sp³-hybridized carbons (Fsp3) is 0.538. The van der Waals surface area contributed by atoms with Gasteiger partial charge in [0.15, 0.2) is 0 Å². The van der Waals surface area contributed by atoms with E-state index in [4.69, 9.17) is 0 Å². The van der Waals surface area contributed by atoms with Crippen LogP contribution in [0.3, 0.4) is 0 Å². The highest BCUT2D eigenvalue weighted by atomic mass is 14.8. The van der Waals surface area contributed by atoms with Crippen molar-refractivity contribution in [3.63, 3.8) is 0 Å². The second-order valence-corrected chi connectivity index (χ2v) is 4.25. The van der Waals surface area contributed by atoms with Gasteiger partial charge in [-0.1, -0.05) is 30.7 Å². The summed E-state index contributed by atoms with van der Waals surface area (Å²) in [4.78, 5) is 0. The van der Waals surface area contributed by atoms with E-state index >= 15 is 0 Å². The van der Waals surface area contributed by atoms with E-state index in [9.17, 15) is 0 Å². The Morgan fingerprint density at radius 2 is 2.29 bits per heavy atom. The minimum Gasteiger partial charge on any atom is -0.316 e. The predicted molar refractivity (Wildman–Crippen MR) is 60.8 cm³/mol. The summed E-state index contributed by atoms with van der Waals surface area (Å²) in [6, 6.07) is 6.90. The predicted octanol–water partition coefficient (Wildman–Crippen LogP) is 2.63. The molecular formula is C13H19N. The summed E-state index contributed by atoms with van der Waals surface area (Å²) in [6.45, 7) is 6.58. The number of benzene rings is 1. The summed E-state index contributed by atoms with van der Waals surface area (Å²) in [7, 11) is 0. The topological polar surface area (TPSA) is 12.0 Å². The Kier molecular flexibility index (Phi) is 2.87. The van der Waals surface area contributed by atoms with E-state index < -0.39 is 0 Å². The lowest BCUT2D eigenvalue weighted by Crippen LogP contribution is -2.19. The highest BCUT2D eigenvalue weighted by Crippen LogP contribution is 2.32. The Morgan fingerprint density at radius 3 is 3.07 bits per heavy atom. The van der Waals surface area contributed by atoms with E-state index in [1.54, 1.807) is 11.1 Å². The lowest BCUT2D eigenvalue weighted by atomic mass is 9.99. The smallest absolute Gasteiger partial charge is 0.00202 e. The first kappa shape index (κ1) is 9.72. The molecule has 1 aliphatic rings. The minimum atomic E-state index is 0.754. The van der Waals surface area contributed by atoms with E-state index in [2.05, 4.69) is 37.4 Å². The molecule has 0 bridgehead atoms. The highest BCUT2D eigenvalue weighted by Gasteiger charge is 2.21. The molecule has 1 N–H and O–H groups in total. The Bertz CT molecular complexity index is 317. The van der Waals surface area contributed by atoms with Gasteiger partial charge >= 0.3 is 0 Å². The van der Waals surface area contributed by atoms with Gasteiger partial charge in [-0.2, -0.15) is 0 Å². The molecule has 0 radical (unpaired) electrons. The third-order valence-corrected chi connectivity index (χ3v) is 3.14. The maximum atomic E-state index is 3.45. The molecule has 1 aliphatic carbocycles. The fourth-order valence-corrected chi connectivity index (χ4v) is 2.34. The van der Waals surface area contributed by atoms with Crippen LogP contribution in [0.25, 0.3) is 0 Å². The van der Waals surface area contributed by atoms with E-state index in [1.807, 2.05) is 0 Å². The molecule has 14 heavy (non-hydrogen) atoms. The molecule has 0 saturated heterocycles. The molecule has 76 valence electrons. The number of nitrogens with one attached hydrogen (secondary N) is 1. The molecule has 1 aromatic carbocycles. The molecule has 1 nitrogen and oxygen atoms in total. The van der Waals surface area contributed by atoms with Crippen molar-refractivity contribution >= 4 is 0 Å². The van der Waals surface area contributed by atoms with Crippen molar-refractivity contribution in [2.45, 2.75) is 32.6 Å². The summed E-state index contributed by atoms with van der Waals surface area (Å²) in [5, 5.41) is 3.45. The lowest BCUT2D eigenvalue weighted by molar-refractivity contribution is 0.593. The molecule has 0 aromatic heterocycles. The van der Waals surface area contributed by atoms with Gasteiger partial charge in [-0.25, -0.2) is 0 Å². The fourth-order valence-electron chi connectivity index (χ4n) is 2.34. The van der Waals surface area contributed by atoms with Gasteiger partial charge in [0.25, 0.3) is 0 Å². The molecule has 0 fully saturated rings. The molecule has 0 heterocycles. The van der Waals surface area contributed by atoms with Crippen LogP contribution < -0.4 is 5.32 Å². The van der Waals surface area contributed by atoms with Crippen molar-refractivity contribution in [2.24, 2.45) is 0 Å². The zero-order valence-electron chi connectivity index (χ0n) is 9.14. The van der Waals surface area contributed by atoms with Gasteiger partial charge in [0.2, 0.25) is 0 Å². The molecule has 1 unspecified atom stereocenters. The molecule has 0 aliphatic heterocycles. The van der Waals surface area contributed by atoms with Gasteiger partial charge in [0.05, 0.1) is 0 Å². The molecule has 0 amide bonds. The van der Waals surface area contributed by atoms with Crippen molar-refractivity contribution in [2.75, 3.05) is 13.1 Å². The van der Waals surface area contributed by atoms with Crippen LogP contribution in [0.5, 0.6) is 0 Å². The number of rotatable bonds is 3. The number of hydrogen-bond acceptors (Lipinski definition) is 1. The first-order valence-electron chi connectivity index (χ1n) is 5.61. The number of fused-ring (bicyclic) bond motifs is 1. The van der Waals surface area contributed by atoms with E-state index in [0.29, 0.717) is 0 Å². The highest BCUT2D eigenvalue weighted by molar-refractivity contribution is 5.38. The molecule has 0 saturated carbocycles. The number of likely N-dealkylation sites (N-methyl/N-ethyl adjacent to an activating group) is 1. The minimum absolute atomic E-state index is 0.754. The second-order valence-electron chi connectivity index (χ2n) is 4.25. The van der Waals surface area contributed by atoms with Gasteiger partial charge in [-0.3, -0.25) is 0 Å². The zero-order valence-corrected chi connectivity index (χ0v) is 9.14. The maximum absolute atomic E-state index is 3.45. The molecule has 0 spiro atoms. The van der Waals surface area contributed by atoms with Gasteiger partial charge in [-0.15, -0.1) is 0 Å². The van der Waals surface area contributed by atoms with Gasteiger partial charge in [0.1, 0.15) is 0 Å². The monoisotopic (exact) mass is 189 g/mol. The quantitative estimate of drug-likeness (QED) is 0.770. The summed E-state index contributed by atoms with van der Waals surface area (Å²) in [5.41, 5.74) is 4.55. The average Bonchev–Trinajstić information content (AvgIpc) is 2.57. The van der Waals surface area contributed by atoms with Crippen LogP contribution in [0.15, 0.2) is 18.2 Å². The van der Waals surface area contributed by atoms with Crippen molar-refractivity contribution in [1.82, 2.24) is 5.32 Å². The van der Waals surface area contributed by atoms with E-state index in [0.717, 1.165) is 19.0 Å². The summed E-state index contributed by atoms with van der Waals surface area (Å²) in [6.07, 6.45) is 2.59. The standard InChI is InChI=1S/C13H19N/c1-3-14-9-12-7-6-11-5-4-10(2)8-13(11)12/h4-5,8,12,14H,3,6-7,9H2,1-2H3. The largest absolute Gasteiger partial charge is 0.316 e. The number of aryl methyl sites for hydroxylation is 2. The Balaban J connectivity index is 2.16. The van der Waals surface area contributed by atoms with Crippen molar-refractivity contribution in [3.8, 4) is 0 Å². The van der Waals surface area contributed by atoms with Crippen LogP contribution in [0.2, 0.25) is 0 Å². The Morgan fingerprint density at radius 1 is 1.43 bits per heavy atom. The molecule has 1 atom stereocenters. The molecule has 1 aromatic rings. The van der Waals surface area contributed by atoms with Crippen molar-refractivity contribution in [3.05, 3.63) is 34.9 Å². The maximum Gasteiger partial charge on any atom is 0.00202 e. The molecule has 1 heteroatoms. The summed E-state index contributed by atoms with van der Waals surface area (Å²) in [5.74, 6) is 0.754. The molecule has 2 rings (SSSR count). The zero-order chi connectivity index (χ0) is 9.97. The van der Waals surface area contributed by atoms with E-state index in [1.165, 1.54) is 18.4 Å². The third kappa shape index (κ3) is 1.83. The van der Waals surface area contributed by atoms with Crippen molar-refractivity contribution < 1.29 is 0 Å². The average molecular weight is 189 g/mol. The van der Waals surface area contributed by atoms with Crippen LogP contribution in [0.4, 0.5) is 0 Å². The first-order valence-corrected chi connectivity index (χ1v) is 5.61. The van der Waals surface area contributed by atoms with Gasteiger partial charge in [0, 0.05) is 6.54 Å². The third-order valence-electron chi connectivity index (χ3n) is 3.14. The Labute approximate surface area is 86.5 Å². The van der Waals surface area contributed by atoms with Gasteiger partial charge in [-0.05, 0) is 43.4 Å². The first-order chi connectivity index (χ1) is 6.81.